The molecule has 0 heterocycles. The van der Waals surface area contributed by atoms with Crippen LogP contribution in [0.4, 0.5) is 0 Å². The molecule has 0 atom stereocenters. The molecule has 2 aromatic rings. The van der Waals surface area contributed by atoms with Crippen LogP contribution in [0.5, 0.6) is 17.2 Å². The summed E-state index contributed by atoms with van der Waals surface area (Å²) in [6, 6.07) is 10.3. The molecular weight excluding hydrogens is 308 g/mol. The number of aldehydes is 1. The van der Waals surface area contributed by atoms with Gasteiger partial charge in [0.1, 0.15) is 17.2 Å². The third-order valence-electron chi connectivity index (χ3n) is 3.49. The third-order valence-corrected chi connectivity index (χ3v) is 3.49. The van der Waals surface area contributed by atoms with E-state index in [1.54, 1.807) is 13.2 Å². The Labute approximate surface area is 140 Å². The Bertz CT molecular complexity index is 760. The van der Waals surface area contributed by atoms with E-state index in [9.17, 15) is 9.59 Å². The van der Waals surface area contributed by atoms with Crippen LogP contribution in [0.1, 0.15) is 26.3 Å². The molecule has 0 amide bonds. The maximum Gasteiger partial charge on any atom is 0.189 e. The first kappa shape index (κ1) is 17.3. The summed E-state index contributed by atoms with van der Waals surface area (Å²) < 4.78 is 15.4. The van der Waals surface area contributed by atoms with Crippen molar-refractivity contribution in [1.29, 1.82) is 0 Å². The zero-order chi connectivity index (χ0) is 17.5. The van der Waals surface area contributed by atoms with Gasteiger partial charge in [0.25, 0.3) is 0 Å². The Morgan fingerprint density at radius 1 is 0.917 bits per heavy atom. The minimum absolute atomic E-state index is 0.270. The smallest absolute Gasteiger partial charge is 0.189 e. The van der Waals surface area contributed by atoms with Gasteiger partial charge in [-0.05, 0) is 29.8 Å². The van der Waals surface area contributed by atoms with Gasteiger partial charge < -0.3 is 14.2 Å². The van der Waals surface area contributed by atoms with Gasteiger partial charge >= 0.3 is 0 Å². The third kappa shape index (κ3) is 3.81. The van der Waals surface area contributed by atoms with Gasteiger partial charge in [0.15, 0.2) is 12.1 Å². The Morgan fingerprint density at radius 3 is 2.12 bits per heavy atom. The van der Waals surface area contributed by atoms with Crippen molar-refractivity contribution in [1.82, 2.24) is 0 Å². The number of hydrogen-bond acceptors (Lipinski definition) is 5. The van der Waals surface area contributed by atoms with E-state index in [0.717, 1.165) is 11.3 Å². The van der Waals surface area contributed by atoms with Crippen LogP contribution >= 0.6 is 0 Å². The number of ether oxygens (including phenoxy) is 3. The van der Waals surface area contributed by atoms with E-state index in [1.165, 1.54) is 32.4 Å². The lowest BCUT2D eigenvalue weighted by atomic mass is 10.0. The Kier molecular flexibility index (Phi) is 5.73. The lowest BCUT2D eigenvalue weighted by Crippen LogP contribution is -2.02. The second-order valence-corrected chi connectivity index (χ2v) is 4.88. The summed E-state index contributed by atoms with van der Waals surface area (Å²) in [5.41, 5.74) is 1.44. The van der Waals surface area contributed by atoms with E-state index < -0.39 is 0 Å². The molecule has 0 bridgehead atoms. The van der Waals surface area contributed by atoms with Crippen LogP contribution in [0.15, 0.2) is 42.5 Å². The summed E-state index contributed by atoms with van der Waals surface area (Å²) in [5, 5.41) is 0. The fourth-order valence-electron chi connectivity index (χ4n) is 2.18. The molecule has 0 spiro atoms. The molecule has 0 aliphatic rings. The fraction of sp³-hybridized carbons (Fsp3) is 0.158. The highest BCUT2D eigenvalue weighted by Gasteiger charge is 2.15. The van der Waals surface area contributed by atoms with Crippen LogP contribution in [-0.2, 0) is 0 Å². The predicted octanol–water partition coefficient (Wildman–Crippen LogP) is 3.42. The van der Waals surface area contributed by atoms with Gasteiger partial charge in [-0.1, -0.05) is 18.2 Å². The number of hydrogen-bond donors (Lipinski definition) is 0. The van der Waals surface area contributed by atoms with Crippen LogP contribution in [0.2, 0.25) is 0 Å². The van der Waals surface area contributed by atoms with Crippen molar-refractivity contribution >= 4 is 18.1 Å². The molecule has 0 saturated carbocycles. The number of rotatable bonds is 7. The molecule has 24 heavy (non-hydrogen) atoms. The van der Waals surface area contributed by atoms with Crippen LogP contribution < -0.4 is 14.2 Å². The Morgan fingerprint density at radius 2 is 1.58 bits per heavy atom. The first-order valence-corrected chi connectivity index (χ1v) is 7.20. The average molecular weight is 326 g/mol. The molecule has 5 nitrogen and oxygen atoms in total. The SMILES string of the molecule is COc1ccc(C=CC(=O)c2cc(C=O)c(OC)cc2OC)cc1. The average Bonchev–Trinajstić information content (AvgIpc) is 2.65. The van der Waals surface area contributed by atoms with Crippen LogP contribution in [-0.4, -0.2) is 33.4 Å². The van der Waals surface area contributed by atoms with Crippen LogP contribution in [0.25, 0.3) is 6.08 Å². The summed E-state index contributed by atoms with van der Waals surface area (Å²) in [6.07, 6.45) is 3.76. The standard InChI is InChI=1S/C19H18O5/c1-22-15-7-4-13(5-8-15)6-9-17(21)16-10-14(12-20)18(23-2)11-19(16)24-3/h4-12H,1-3H3. The van der Waals surface area contributed by atoms with Gasteiger partial charge in [-0.2, -0.15) is 0 Å². The monoisotopic (exact) mass is 326 g/mol. The molecule has 0 fully saturated rings. The molecule has 0 saturated heterocycles. The normalized spacial score (nSPS) is 10.5. The van der Waals surface area contributed by atoms with Gasteiger partial charge in [0.05, 0.1) is 32.5 Å². The zero-order valence-electron chi connectivity index (χ0n) is 13.7. The van der Waals surface area contributed by atoms with Crippen molar-refractivity contribution in [2.24, 2.45) is 0 Å². The van der Waals surface area contributed by atoms with Gasteiger partial charge in [-0.15, -0.1) is 0 Å². The second kappa shape index (κ2) is 7.97. The number of allylic oxidation sites excluding steroid dienone is 1. The van der Waals surface area contributed by atoms with Crippen molar-refractivity contribution in [2.75, 3.05) is 21.3 Å². The molecule has 0 aliphatic heterocycles. The summed E-state index contributed by atoms with van der Waals surface area (Å²) in [6.45, 7) is 0. The van der Waals surface area contributed by atoms with Crippen molar-refractivity contribution in [2.45, 2.75) is 0 Å². The van der Waals surface area contributed by atoms with Crippen LogP contribution in [0, 0.1) is 0 Å². The van der Waals surface area contributed by atoms with Crippen molar-refractivity contribution < 1.29 is 23.8 Å². The largest absolute Gasteiger partial charge is 0.497 e. The lowest BCUT2D eigenvalue weighted by Gasteiger charge is -2.10. The number of carbonyl (C=O) groups excluding carboxylic acids is 2. The number of ketones is 1. The van der Waals surface area contributed by atoms with E-state index in [2.05, 4.69) is 0 Å². The lowest BCUT2D eigenvalue weighted by molar-refractivity contribution is 0.104. The second-order valence-electron chi connectivity index (χ2n) is 4.88. The van der Waals surface area contributed by atoms with Crippen molar-refractivity contribution in [3.8, 4) is 17.2 Å². The van der Waals surface area contributed by atoms with Gasteiger partial charge in [-0.25, -0.2) is 0 Å². The minimum atomic E-state index is -0.270. The first-order chi connectivity index (χ1) is 11.6. The first-order valence-electron chi connectivity index (χ1n) is 7.20. The number of benzene rings is 2. The summed E-state index contributed by atoms with van der Waals surface area (Å²) >= 11 is 0. The van der Waals surface area contributed by atoms with Crippen molar-refractivity contribution in [3.05, 3.63) is 59.2 Å². The van der Waals surface area contributed by atoms with Crippen molar-refractivity contribution in [3.63, 3.8) is 0 Å². The molecule has 5 heteroatoms. The highest BCUT2D eigenvalue weighted by atomic mass is 16.5. The molecule has 0 aromatic heterocycles. The number of carbonyl (C=O) groups is 2. The molecular formula is C19H18O5. The Balaban J connectivity index is 2.30. The summed E-state index contributed by atoms with van der Waals surface area (Å²) in [7, 11) is 4.50. The molecule has 2 aromatic carbocycles. The molecule has 0 N–H and O–H groups in total. The van der Waals surface area contributed by atoms with E-state index in [1.807, 2.05) is 24.3 Å². The highest BCUT2D eigenvalue weighted by molar-refractivity contribution is 6.09. The molecule has 0 radical (unpaired) electrons. The van der Waals surface area contributed by atoms with Crippen LogP contribution in [0.3, 0.4) is 0 Å². The van der Waals surface area contributed by atoms with E-state index in [0.29, 0.717) is 28.9 Å². The maximum atomic E-state index is 12.4. The Hall–Kier alpha value is -3.08. The molecule has 0 aliphatic carbocycles. The zero-order valence-corrected chi connectivity index (χ0v) is 13.7. The minimum Gasteiger partial charge on any atom is -0.497 e. The number of methoxy groups -OCH3 is 3. The van der Waals surface area contributed by atoms with E-state index >= 15 is 0 Å². The van der Waals surface area contributed by atoms with Gasteiger partial charge in [-0.3, -0.25) is 9.59 Å². The molecule has 2 rings (SSSR count). The van der Waals surface area contributed by atoms with Gasteiger partial charge in [0.2, 0.25) is 0 Å². The predicted molar refractivity (Wildman–Crippen MR) is 91.3 cm³/mol. The molecule has 0 unspecified atom stereocenters. The van der Waals surface area contributed by atoms with E-state index in [-0.39, 0.29) is 5.78 Å². The van der Waals surface area contributed by atoms with E-state index in [4.69, 9.17) is 14.2 Å². The fourth-order valence-corrected chi connectivity index (χ4v) is 2.18. The maximum absolute atomic E-state index is 12.4. The summed E-state index contributed by atoms with van der Waals surface area (Å²) in [4.78, 5) is 23.6. The highest BCUT2D eigenvalue weighted by Crippen LogP contribution is 2.29. The topological polar surface area (TPSA) is 61.8 Å². The quantitative estimate of drug-likeness (QED) is 0.443. The van der Waals surface area contributed by atoms with Gasteiger partial charge in [0, 0.05) is 6.07 Å². The summed E-state index contributed by atoms with van der Waals surface area (Å²) in [5.74, 6) is 1.18. The molecule has 124 valence electrons.